The van der Waals surface area contributed by atoms with Gasteiger partial charge in [-0.2, -0.15) is 0 Å². The summed E-state index contributed by atoms with van der Waals surface area (Å²) in [7, 11) is 1.52. The van der Waals surface area contributed by atoms with Crippen LogP contribution in [0.2, 0.25) is 0 Å². The number of para-hydroxylation sites is 1. The van der Waals surface area contributed by atoms with Gasteiger partial charge in [0.25, 0.3) is 11.5 Å². The number of amides is 1. The normalized spacial score (nSPS) is 10.8. The summed E-state index contributed by atoms with van der Waals surface area (Å²) < 4.78 is 6.98. The highest BCUT2D eigenvalue weighted by atomic mass is 32.1. The maximum Gasteiger partial charge on any atom is 0.265 e. The van der Waals surface area contributed by atoms with Crippen LogP contribution in [0.1, 0.15) is 15.5 Å². The zero-order valence-corrected chi connectivity index (χ0v) is 16.1. The van der Waals surface area contributed by atoms with E-state index < -0.39 is 0 Å². The predicted octanol–water partition coefficient (Wildman–Crippen LogP) is 4.02. The topological polar surface area (TPSA) is 73.2 Å². The molecule has 28 heavy (non-hydrogen) atoms. The van der Waals surface area contributed by atoms with E-state index in [1.54, 1.807) is 37.3 Å². The fourth-order valence-corrected chi connectivity index (χ4v) is 3.68. The van der Waals surface area contributed by atoms with Gasteiger partial charge in [0, 0.05) is 6.07 Å². The van der Waals surface area contributed by atoms with E-state index in [1.807, 2.05) is 29.6 Å². The number of fused-ring (bicyclic) bond motifs is 1. The smallest absolute Gasteiger partial charge is 0.265 e. The summed E-state index contributed by atoms with van der Waals surface area (Å²) in [4.78, 5) is 30.4. The first-order chi connectivity index (χ1) is 13.6. The molecule has 2 aromatic carbocycles. The van der Waals surface area contributed by atoms with Gasteiger partial charge < -0.3 is 10.1 Å². The van der Waals surface area contributed by atoms with Gasteiger partial charge in [0.05, 0.1) is 34.3 Å². The molecule has 2 heterocycles. The number of nitrogens with one attached hydrogen (secondary N) is 1. The van der Waals surface area contributed by atoms with E-state index in [1.165, 1.54) is 23.0 Å². The lowest BCUT2D eigenvalue weighted by Crippen LogP contribution is -2.22. The molecule has 4 rings (SSSR count). The molecule has 2 aromatic heterocycles. The molecule has 1 N–H and O–H groups in total. The number of aryl methyl sites for hydroxylation is 1. The van der Waals surface area contributed by atoms with Crippen molar-refractivity contribution in [2.75, 3.05) is 12.4 Å². The average Bonchev–Trinajstić information content (AvgIpc) is 3.24. The maximum absolute atomic E-state index is 13.0. The number of hydrogen-bond donors (Lipinski definition) is 1. The van der Waals surface area contributed by atoms with Crippen molar-refractivity contribution in [1.82, 2.24) is 9.55 Å². The highest BCUT2D eigenvalue weighted by molar-refractivity contribution is 7.12. The Morgan fingerprint density at radius 1 is 1.14 bits per heavy atom. The van der Waals surface area contributed by atoms with Crippen LogP contribution in [0.15, 0.2) is 64.8 Å². The molecule has 0 saturated heterocycles. The molecule has 140 valence electrons. The first-order valence-electron chi connectivity index (χ1n) is 8.60. The highest BCUT2D eigenvalue weighted by Gasteiger charge is 2.14. The molecule has 0 fully saturated rings. The summed E-state index contributed by atoms with van der Waals surface area (Å²) in [5.74, 6) is 0.824. The maximum atomic E-state index is 13.0. The second kappa shape index (κ2) is 7.28. The number of rotatable bonds is 4. The van der Waals surface area contributed by atoms with Gasteiger partial charge in [-0.3, -0.25) is 14.2 Å². The van der Waals surface area contributed by atoms with Gasteiger partial charge in [0.2, 0.25) is 0 Å². The summed E-state index contributed by atoms with van der Waals surface area (Å²) in [5.41, 5.74) is 1.66. The minimum atomic E-state index is -0.207. The van der Waals surface area contributed by atoms with E-state index in [9.17, 15) is 9.59 Å². The van der Waals surface area contributed by atoms with Crippen LogP contribution in [0.3, 0.4) is 0 Å². The number of nitrogens with zero attached hydrogens (tertiary/aromatic N) is 2. The lowest BCUT2D eigenvalue weighted by atomic mass is 10.2. The summed E-state index contributed by atoms with van der Waals surface area (Å²) in [6.07, 6.45) is 0. The van der Waals surface area contributed by atoms with Crippen molar-refractivity contribution in [2.45, 2.75) is 6.92 Å². The Labute approximate surface area is 165 Å². The van der Waals surface area contributed by atoms with Gasteiger partial charge in [0.1, 0.15) is 11.6 Å². The van der Waals surface area contributed by atoms with Crippen LogP contribution < -0.4 is 15.6 Å². The molecule has 0 aliphatic heterocycles. The molecule has 0 radical (unpaired) electrons. The second-order valence-corrected chi connectivity index (χ2v) is 7.08. The number of carbonyl (C=O) groups is 1. The van der Waals surface area contributed by atoms with Crippen LogP contribution in [-0.4, -0.2) is 22.6 Å². The number of methoxy groups -OCH3 is 1. The van der Waals surface area contributed by atoms with Gasteiger partial charge >= 0.3 is 0 Å². The standard InChI is InChI=1S/C21H17N3O3S/c1-13-22-16-7-4-3-6-15(16)21(26)24(13)14-9-10-17(18(12-14)27-2)23-20(25)19-8-5-11-28-19/h3-12H,1-2H3,(H,23,25). The molecule has 0 aliphatic carbocycles. The summed E-state index contributed by atoms with van der Waals surface area (Å²) in [5, 5.41) is 5.23. The molecular weight excluding hydrogens is 374 g/mol. The number of thiophene rings is 1. The second-order valence-electron chi connectivity index (χ2n) is 6.13. The molecule has 0 bridgehead atoms. The summed E-state index contributed by atoms with van der Waals surface area (Å²) in [6.45, 7) is 1.78. The van der Waals surface area contributed by atoms with Crippen molar-refractivity contribution < 1.29 is 9.53 Å². The number of benzene rings is 2. The quantitative estimate of drug-likeness (QED) is 0.570. The number of ether oxygens (including phenoxy) is 1. The Morgan fingerprint density at radius 2 is 1.96 bits per heavy atom. The highest BCUT2D eigenvalue weighted by Crippen LogP contribution is 2.28. The summed E-state index contributed by atoms with van der Waals surface area (Å²) in [6, 6.07) is 16.0. The third kappa shape index (κ3) is 3.16. The molecule has 0 spiro atoms. The van der Waals surface area contributed by atoms with E-state index in [2.05, 4.69) is 10.3 Å². The van der Waals surface area contributed by atoms with E-state index >= 15 is 0 Å². The Hall–Kier alpha value is -3.45. The molecule has 0 atom stereocenters. The lowest BCUT2D eigenvalue weighted by molar-refractivity contribution is 0.103. The fourth-order valence-electron chi connectivity index (χ4n) is 3.06. The third-order valence-corrected chi connectivity index (χ3v) is 5.25. The van der Waals surface area contributed by atoms with Crippen LogP contribution in [0, 0.1) is 6.92 Å². The largest absolute Gasteiger partial charge is 0.494 e. The molecule has 6 nitrogen and oxygen atoms in total. The Morgan fingerprint density at radius 3 is 2.71 bits per heavy atom. The van der Waals surface area contributed by atoms with Crippen molar-refractivity contribution in [3.8, 4) is 11.4 Å². The lowest BCUT2D eigenvalue weighted by Gasteiger charge is -2.14. The van der Waals surface area contributed by atoms with Crippen LogP contribution in [0.25, 0.3) is 16.6 Å². The van der Waals surface area contributed by atoms with E-state index in [-0.39, 0.29) is 11.5 Å². The molecule has 0 aliphatic rings. The third-order valence-electron chi connectivity index (χ3n) is 4.38. The number of anilines is 1. The van der Waals surface area contributed by atoms with E-state index in [4.69, 9.17) is 4.74 Å². The zero-order valence-electron chi connectivity index (χ0n) is 15.3. The van der Waals surface area contributed by atoms with Crippen molar-refractivity contribution in [3.05, 3.63) is 81.0 Å². The van der Waals surface area contributed by atoms with Crippen molar-refractivity contribution >= 4 is 33.8 Å². The van der Waals surface area contributed by atoms with Crippen molar-refractivity contribution in [3.63, 3.8) is 0 Å². The average molecular weight is 391 g/mol. The van der Waals surface area contributed by atoms with Gasteiger partial charge in [-0.1, -0.05) is 18.2 Å². The van der Waals surface area contributed by atoms with Crippen LogP contribution in [0.4, 0.5) is 5.69 Å². The van der Waals surface area contributed by atoms with E-state index in [0.717, 1.165) is 0 Å². The van der Waals surface area contributed by atoms with Crippen LogP contribution in [0.5, 0.6) is 5.75 Å². The molecule has 0 saturated carbocycles. The Balaban J connectivity index is 1.77. The summed E-state index contributed by atoms with van der Waals surface area (Å²) >= 11 is 1.36. The van der Waals surface area contributed by atoms with Gasteiger partial charge in [-0.25, -0.2) is 4.98 Å². The Bertz CT molecular complexity index is 1230. The van der Waals surface area contributed by atoms with Crippen LogP contribution >= 0.6 is 11.3 Å². The first-order valence-corrected chi connectivity index (χ1v) is 9.48. The van der Waals surface area contributed by atoms with Gasteiger partial charge in [-0.05, 0) is 42.6 Å². The fraction of sp³-hybridized carbons (Fsp3) is 0.0952. The molecule has 0 unspecified atom stereocenters. The SMILES string of the molecule is COc1cc(-n2c(C)nc3ccccc3c2=O)ccc1NC(=O)c1cccs1. The monoisotopic (exact) mass is 391 g/mol. The number of aromatic nitrogens is 2. The zero-order chi connectivity index (χ0) is 19.7. The first kappa shape index (κ1) is 17.9. The molecule has 4 aromatic rings. The number of carbonyl (C=O) groups excluding carboxylic acids is 1. The minimum absolute atomic E-state index is 0.152. The Kier molecular flexibility index (Phi) is 4.67. The minimum Gasteiger partial charge on any atom is -0.494 e. The van der Waals surface area contributed by atoms with Gasteiger partial charge in [-0.15, -0.1) is 11.3 Å². The molecule has 7 heteroatoms. The molecular formula is C21H17N3O3S. The number of hydrogen-bond acceptors (Lipinski definition) is 5. The van der Waals surface area contributed by atoms with Gasteiger partial charge in [0.15, 0.2) is 0 Å². The predicted molar refractivity (Wildman–Crippen MR) is 111 cm³/mol. The van der Waals surface area contributed by atoms with Crippen molar-refractivity contribution in [2.24, 2.45) is 0 Å². The van der Waals surface area contributed by atoms with E-state index in [0.29, 0.717) is 38.7 Å². The molecule has 1 amide bonds. The van der Waals surface area contributed by atoms with Crippen LogP contribution in [-0.2, 0) is 0 Å². The van der Waals surface area contributed by atoms with Crippen molar-refractivity contribution in [1.29, 1.82) is 0 Å².